The number of hydrogen-bond acceptors (Lipinski definition) is 3. The van der Waals surface area contributed by atoms with E-state index in [-0.39, 0.29) is 11.9 Å². The van der Waals surface area contributed by atoms with E-state index < -0.39 is 0 Å². The van der Waals surface area contributed by atoms with E-state index in [4.69, 9.17) is 9.47 Å². The van der Waals surface area contributed by atoms with E-state index >= 15 is 0 Å². The van der Waals surface area contributed by atoms with Crippen LogP contribution < -0.4 is 14.8 Å². The van der Waals surface area contributed by atoms with Crippen LogP contribution in [0.15, 0.2) is 42.5 Å². The van der Waals surface area contributed by atoms with Gasteiger partial charge in [0, 0.05) is 6.04 Å². The minimum absolute atomic E-state index is 0.0997. The molecule has 0 amide bonds. The number of nitrogens with one attached hydrogen (secondary N) is 1. The molecule has 0 spiro atoms. The van der Waals surface area contributed by atoms with Crippen LogP contribution in [0.1, 0.15) is 17.2 Å². The average Bonchev–Trinajstić information content (AvgIpc) is 2.52. The van der Waals surface area contributed by atoms with Gasteiger partial charge in [-0.05, 0) is 48.9 Å². The third kappa shape index (κ3) is 3.16. The fourth-order valence-corrected chi connectivity index (χ4v) is 2.56. The zero-order chi connectivity index (χ0) is 14.7. The van der Waals surface area contributed by atoms with Gasteiger partial charge in [-0.25, -0.2) is 4.39 Å². The number of rotatable bonds is 4. The molecule has 3 rings (SSSR count). The van der Waals surface area contributed by atoms with Crippen LogP contribution in [0.2, 0.25) is 0 Å². The molecule has 3 nitrogen and oxygen atoms in total. The molecule has 0 aliphatic carbocycles. The predicted octanol–water partition coefficient (Wildman–Crippen LogP) is 3.10. The Hall–Kier alpha value is -2.07. The molecule has 0 saturated heterocycles. The van der Waals surface area contributed by atoms with Crippen molar-refractivity contribution in [2.45, 2.75) is 12.5 Å². The maximum Gasteiger partial charge on any atom is 0.161 e. The Morgan fingerprint density at radius 2 is 1.90 bits per heavy atom. The van der Waals surface area contributed by atoms with Crippen molar-refractivity contribution in [3.63, 3.8) is 0 Å². The number of fused-ring (bicyclic) bond motifs is 1. The Balaban J connectivity index is 1.82. The second-order valence-electron chi connectivity index (χ2n) is 5.08. The van der Waals surface area contributed by atoms with Crippen LogP contribution >= 0.6 is 0 Å². The molecule has 1 aliphatic heterocycles. The SMILES string of the molecule is CNC(Cc1cccc(F)c1)c1ccc2c(c1)OCCO2. The van der Waals surface area contributed by atoms with E-state index in [0.29, 0.717) is 19.6 Å². The molecule has 21 heavy (non-hydrogen) atoms. The van der Waals surface area contributed by atoms with Crippen molar-refractivity contribution in [1.29, 1.82) is 0 Å². The molecule has 1 N–H and O–H groups in total. The van der Waals surface area contributed by atoms with Crippen LogP contribution in [0.25, 0.3) is 0 Å². The van der Waals surface area contributed by atoms with Gasteiger partial charge in [-0.2, -0.15) is 0 Å². The monoisotopic (exact) mass is 287 g/mol. The van der Waals surface area contributed by atoms with Crippen LogP contribution in [0.3, 0.4) is 0 Å². The van der Waals surface area contributed by atoms with Gasteiger partial charge >= 0.3 is 0 Å². The highest BCUT2D eigenvalue weighted by molar-refractivity contribution is 5.45. The van der Waals surface area contributed by atoms with E-state index in [1.54, 1.807) is 12.1 Å². The highest BCUT2D eigenvalue weighted by atomic mass is 19.1. The van der Waals surface area contributed by atoms with Crippen molar-refractivity contribution in [2.75, 3.05) is 20.3 Å². The molecule has 0 bridgehead atoms. The van der Waals surface area contributed by atoms with Crippen LogP contribution in [0.4, 0.5) is 4.39 Å². The summed E-state index contributed by atoms with van der Waals surface area (Å²) in [5.74, 6) is 1.35. The Morgan fingerprint density at radius 1 is 1.10 bits per heavy atom. The van der Waals surface area contributed by atoms with Gasteiger partial charge in [-0.1, -0.05) is 18.2 Å². The Labute approximate surface area is 123 Å². The first-order valence-electron chi connectivity index (χ1n) is 7.07. The summed E-state index contributed by atoms with van der Waals surface area (Å²) in [6.45, 7) is 1.16. The zero-order valence-corrected chi connectivity index (χ0v) is 11.9. The Kier molecular flexibility index (Phi) is 4.06. The van der Waals surface area contributed by atoms with Gasteiger partial charge in [0.05, 0.1) is 0 Å². The summed E-state index contributed by atoms with van der Waals surface area (Å²) in [4.78, 5) is 0. The minimum Gasteiger partial charge on any atom is -0.486 e. The van der Waals surface area contributed by atoms with E-state index in [1.807, 2.05) is 31.3 Å². The molecular formula is C17H18FNO2. The summed E-state index contributed by atoms with van der Waals surface area (Å²) in [5.41, 5.74) is 2.07. The molecular weight excluding hydrogens is 269 g/mol. The largest absolute Gasteiger partial charge is 0.486 e. The molecule has 1 aliphatic rings. The molecule has 0 radical (unpaired) electrons. The fraction of sp³-hybridized carbons (Fsp3) is 0.294. The Morgan fingerprint density at radius 3 is 2.67 bits per heavy atom. The van der Waals surface area contributed by atoms with Crippen LogP contribution in [0.5, 0.6) is 11.5 Å². The van der Waals surface area contributed by atoms with Gasteiger partial charge in [0.2, 0.25) is 0 Å². The van der Waals surface area contributed by atoms with Crippen LogP contribution in [0, 0.1) is 5.82 Å². The first kappa shape index (κ1) is 13.9. The van der Waals surface area contributed by atoms with Crippen molar-refractivity contribution in [3.8, 4) is 11.5 Å². The van der Waals surface area contributed by atoms with E-state index in [1.165, 1.54) is 6.07 Å². The second kappa shape index (κ2) is 6.14. The van der Waals surface area contributed by atoms with Gasteiger partial charge in [0.1, 0.15) is 19.0 Å². The zero-order valence-electron chi connectivity index (χ0n) is 11.9. The van der Waals surface area contributed by atoms with E-state index in [9.17, 15) is 4.39 Å². The molecule has 2 aromatic rings. The lowest BCUT2D eigenvalue weighted by Crippen LogP contribution is -2.20. The van der Waals surface area contributed by atoms with Gasteiger partial charge in [-0.15, -0.1) is 0 Å². The van der Waals surface area contributed by atoms with Crippen molar-refractivity contribution in [3.05, 3.63) is 59.4 Å². The number of hydrogen-bond donors (Lipinski definition) is 1. The first-order chi connectivity index (χ1) is 10.3. The fourth-order valence-electron chi connectivity index (χ4n) is 2.56. The van der Waals surface area contributed by atoms with Crippen molar-refractivity contribution >= 4 is 0 Å². The lowest BCUT2D eigenvalue weighted by Gasteiger charge is -2.22. The van der Waals surface area contributed by atoms with E-state index in [0.717, 1.165) is 22.6 Å². The molecule has 0 fully saturated rings. The standard InChI is InChI=1S/C17H18FNO2/c1-19-15(10-12-3-2-4-14(18)9-12)13-5-6-16-17(11-13)21-8-7-20-16/h2-6,9,11,15,19H,7-8,10H2,1H3. The van der Waals surface area contributed by atoms with Gasteiger partial charge in [-0.3, -0.25) is 0 Å². The van der Waals surface area contributed by atoms with Crippen molar-refractivity contribution in [1.82, 2.24) is 5.32 Å². The third-order valence-corrected chi connectivity index (χ3v) is 3.65. The predicted molar refractivity (Wildman–Crippen MR) is 79.3 cm³/mol. The first-order valence-corrected chi connectivity index (χ1v) is 7.07. The van der Waals surface area contributed by atoms with E-state index in [2.05, 4.69) is 5.32 Å². The van der Waals surface area contributed by atoms with Crippen LogP contribution in [-0.2, 0) is 6.42 Å². The smallest absolute Gasteiger partial charge is 0.161 e. The molecule has 1 atom stereocenters. The number of likely N-dealkylation sites (N-methyl/N-ethyl adjacent to an activating group) is 1. The second-order valence-corrected chi connectivity index (χ2v) is 5.08. The number of ether oxygens (including phenoxy) is 2. The summed E-state index contributed by atoms with van der Waals surface area (Å²) in [5, 5.41) is 3.27. The van der Waals surface area contributed by atoms with Crippen molar-refractivity contribution < 1.29 is 13.9 Å². The molecule has 0 aromatic heterocycles. The quantitative estimate of drug-likeness (QED) is 0.937. The lowest BCUT2D eigenvalue weighted by atomic mass is 9.98. The summed E-state index contributed by atoms with van der Waals surface area (Å²) >= 11 is 0. The lowest BCUT2D eigenvalue weighted by molar-refractivity contribution is 0.171. The van der Waals surface area contributed by atoms with Crippen LogP contribution in [-0.4, -0.2) is 20.3 Å². The highest BCUT2D eigenvalue weighted by Crippen LogP contribution is 2.33. The van der Waals surface area contributed by atoms with Gasteiger partial charge in [0.25, 0.3) is 0 Å². The number of halogens is 1. The normalized spacial score (nSPS) is 14.8. The minimum atomic E-state index is -0.204. The molecule has 110 valence electrons. The summed E-state index contributed by atoms with van der Waals surface area (Å²) in [7, 11) is 1.90. The highest BCUT2D eigenvalue weighted by Gasteiger charge is 2.16. The molecule has 1 heterocycles. The Bertz CT molecular complexity index is 630. The van der Waals surface area contributed by atoms with Crippen molar-refractivity contribution in [2.24, 2.45) is 0 Å². The summed E-state index contributed by atoms with van der Waals surface area (Å²) in [6.07, 6.45) is 0.716. The summed E-state index contributed by atoms with van der Waals surface area (Å²) < 4.78 is 24.4. The topological polar surface area (TPSA) is 30.5 Å². The maximum absolute atomic E-state index is 13.3. The molecule has 4 heteroatoms. The summed E-state index contributed by atoms with van der Waals surface area (Å²) in [6, 6.07) is 12.8. The molecule has 2 aromatic carbocycles. The molecule has 1 unspecified atom stereocenters. The van der Waals surface area contributed by atoms with Gasteiger partial charge in [0.15, 0.2) is 11.5 Å². The van der Waals surface area contributed by atoms with Gasteiger partial charge < -0.3 is 14.8 Å². The molecule has 0 saturated carbocycles. The average molecular weight is 287 g/mol. The number of benzene rings is 2. The maximum atomic E-state index is 13.3. The third-order valence-electron chi connectivity index (χ3n) is 3.65.